The van der Waals surface area contributed by atoms with Crippen molar-refractivity contribution in [2.45, 2.75) is 6.92 Å². The summed E-state index contributed by atoms with van der Waals surface area (Å²) in [5.41, 5.74) is 0.974. The lowest BCUT2D eigenvalue weighted by Gasteiger charge is -2.12. The number of aryl methyl sites for hydroxylation is 1. The highest BCUT2D eigenvalue weighted by atomic mass is 19.1. The van der Waals surface area contributed by atoms with E-state index in [-0.39, 0.29) is 11.1 Å². The Balaban J connectivity index is 1.65. The number of halogens is 2. The van der Waals surface area contributed by atoms with Crippen LogP contribution in [0.1, 0.15) is 16.2 Å². The van der Waals surface area contributed by atoms with Crippen LogP contribution in [0.5, 0.6) is 0 Å². The fourth-order valence-electron chi connectivity index (χ4n) is 3.11. The molecule has 0 spiro atoms. The van der Waals surface area contributed by atoms with Gasteiger partial charge in [0, 0.05) is 5.69 Å². The topological polar surface area (TPSA) is 64.0 Å². The molecule has 5 nitrogen and oxygen atoms in total. The monoisotopic (exact) mass is 391 g/mol. The molecule has 0 saturated carbocycles. The first-order valence-corrected chi connectivity index (χ1v) is 8.79. The van der Waals surface area contributed by atoms with Gasteiger partial charge in [-0.1, -0.05) is 12.1 Å². The molecule has 4 rings (SSSR count). The summed E-state index contributed by atoms with van der Waals surface area (Å²) in [5, 5.41) is 3.01. The van der Waals surface area contributed by atoms with Crippen molar-refractivity contribution in [3.63, 3.8) is 0 Å². The average Bonchev–Trinajstić information content (AvgIpc) is 2.71. The normalized spacial score (nSPS) is 10.9. The molecule has 0 bridgehead atoms. The molecule has 144 valence electrons. The first-order valence-electron chi connectivity index (χ1n) is 8.79. The quantitative estimate of drug-likeness (QED) is 0.569. The molecule has 0 radical (unpaired) electrons. The van der Waals surface area contributed by atoms with Gasteiger partial charge in [-0.25, -0.2) is 13.8 Å². The Hall–Kier alpha value is -3.87. The predicted octanol–water partition coefficient (Wildman–Crippen LogP) is 4.22. The van der Waals surface area contributed by atoms with Gasteiger partial charge in [-0.05, 0) is 61.5 Å². The van der Waals surface area contributed by atoms with Gasteiger partial charge in [-0.3, -0.25) is 14.2 Å². The molecule has 7 heteroatoms. The van der Waals surface area contributed by atoms with Gasteiger partial charge in [-0.2, -0.15) is 0 Å². The number of carbonyl (C=O) groups excluding carboxylic acids is 1. The summed E-state index contributed by atoms with van der Waals surface area (Å²) in [5.74, 6) is -1.77. The number of amides is 1. The number of nitrogens with one attached hydrogen (secondary N) is 1. The van der Waals surface area contributed by atoms with Gasteiger partial charge >= 0.3 is 0 Å². The minimum absolute atomic E-state index is 0.202. The number of benzene rings is 3. The van der Waals surface area contributed by atoms with Crippen LogP contribution in [0.3, 0.4) is 0 Å². The number of fused-ring (bicyclic) bond motifs is 1. The Labute approximate surface area is 164 Å². The van der Waals surface area contributed by atoms with E-state index in [4.69, 9.17) is 0 Å². The summed E-state index contributed by atoms with van der Waals surface area (Å²) in [4.78, 5) is 29.5. The van der Waals surface area contributed by atoms with E-state index in [0.29, 0.717) is 28.1 Å². The van der Waals surface area contributed by atoms with Crippen LogP contribution in [0.4, 0.5) is 14.5 Å². The van der Waals surface area contributed by atoms with Crippen LogP contribution in [0.25, 0.3) is 16.6 Å². The fraction of sp³-hybridized carbons (Fsp3) is 0.0455. The fourth-order valence-corrected chi connectivity index (χ4v) is 3.11. The van der Waals surface area contributed by atoms with Crippen molar-refractivity contribution >= 4 is 22.5 Å². The zero-order valence-electron chi connectivity index (χ0n) is 15.3. The lowest BCUT2D eigenvalue weighted by molar-refractivity contribution is 0.102. The zero-order valence-corrected chi connectivity index (χ0v) is 15.3. The SMILES string of the molecule is Cc1nc2ccccc2c(=O)n1-c1ccc(NC(=O)c2cc(F)ccc2F)cc1. The molecule has 0 aliphatic rings. The third-order valence-electron chi connectivity index (χ3n) is 4.50. The van der Waals surface area contributed by atoms with Crippen molar-refractivity contribution in [3.8, 4) is 5.69 Å². The number of carbonyl (C=O) groups is 1. The van der Waals surface area contributed by atoms with Crippen LogP contribution in [0, 0.1) is 18.6 Å². The maximum Gasteiger partial charge on any atom is 0.265 e. The van der Waals surface area contributed by atoms with Crippen molar-refractivity contribution in [2.75, 3.05) is 5.32 Å². The molecule has 0 saturated heterocycles. The Morgan fingerprint density at radius 3 is 2.48 bits per heavy atom. The van der Waals surface area contributed by atoms with Gasteiger partial charge < -0.3 is 5.32 Å². The lowest BCUT2D eigenvalue weighted by Crippen LogP contribution is -2.22. The van der Waals surface area contributed by atoms with Gasteiger partial charge in [0.1, 0.15) is 17.5 Å². The summed E-state index contributed by atoms with van der Waals surface area (Å²) in [6, 6.07) is 16.2. The molecule has 1 amide bonds. The predicted molar refractivity (Wildman–Crippen MR) is 106 cm³/mol. The van der Waals surface area contributed by atoms with Crippen LogP contribution in [-0.2, 0) is 0 Å². The summed E-state index contributed by atoms with van der Waals surface area (Å²) in [6.45, 7) is 1.73. The first kappa shape index (κ1) is 18.5. The minimum atomic E-state index is -0.815. The number of aromatic nitrogens is 2. The third-order valence-corrected chi connectivity index (χ3v) is 4.50. The second-order valence-corrected chi connectivity index (χ2v) is 6.44. The van der Waals surface area contributed by atoms with E-state index in [9.17, 15) is 18.4 Å². The number of nitrogens with zero attached hydrogens (tertiary/aromatic N) is 2. The molecule has 0 aliphatic heterocycles. The van der Waals surface area contributed by atoms with Crippen LogP contribution < -0.4 is 10.9 Å². The Kier molecular flexibility index (Phi) is 4.64. The number of anilines is 1. The van der Waals surface area contributed by atoms with Gasteiger partial charge in [0.15, 0.2) is 0 Å². The van der Waals surface area contributed by atoms with Crippen molar-refractivity contribution in [1.29, 1.82) is 0 Å². The standard InChI is InChI=1S/C22H15F2N3O2/c1-13-25-20-5-3-2-4-17(20)22(29)27(13)16-9-7-15(8-10-16)26-21(28)18-12-14(23)6-11-19(18)24/h2-12H,1H3,(H,26,28). The molecule has 3 aromatic carbocycles. The van der Waals surface area contributed by atoms with E-state index in [1.165, 1.54) is 4.57 Å². The van der Waals surface area contributed by atoms with Crippen molar-refractivity contribution in [3.05, 3.63) is 100 Å². The number of rotatable bonds is 3. The van der Waals surface area contributed by atoms with Crippen LogP contribution in [-0.4, -0.2) is 15.5 Å². The Morgan fingerprint density at radius 2 is 1.72 bits per heavy atom. The summed E-state index contributed by atoms with van der Waals surface area (Å²) >= 11 is 0. The first-order chi connectivity index (χ1) is 13.9. The molecular formula is C22H15F2N3O2. The van der Waals surface area contributed by atoms with Crippen LogP contribution in [0.2, 0.25) is 0 Å². The number of para-hydroxylation sites is 1. The molecule has 29 heavy (non-hydrogen) atoms. The lowest BCUT2D eigenvalue weighted by atomic mass is 10.2. The van der Waals surface area contributed by atoms with Gasteiger partial charge in [0.2, 0.25) is 0 Å². The second kappa shape index (κ2) is 7.27. The molecule has 0 fully saturated rings. The van der Waals surface area contributed by atoms with Crippen molar-refractivity contribution < 1.29 is 13.6 Å². The molecule has 0 unspecified atom stereocenters. The van der Waals surface area contributed by atoms with Crippen molar-refractivity contribution in [2.24, 2.45) is 0 Å². The molecule has 1 heterocycles. The largest absolute Gasteiger partial charge is 0.322 e. The Bertz CT molecular complexity index is 1300. The summed E-state index contributed by atoms with van der Waals surface area (Å²) in [6.07, 6.45) is 0. The van der Waals surface area contributed by atoms with E-state index in [0.717, 1.165) is 18.2 Å². The molecule has 1 aromatic heterocycles. The van der Waals surface area contributed by atoms with E-state index < -0.39 is 17.5 Å². The highest BCUT2D eigenvalue weighted by Crippen LogP contribution is 2.17. The second-order valence-electron chi connectivity index (χ2n) is 6.44. The van der Waals surface area contributed by atoms with E-state index >= 15 is 0 Å². The summed E-state index contributed by atoms with van der Waals surface area (Å²) in [7, 11) is 0. The van der Waals surface area contributed by atoms with Crippen LogP contribution in [0.15, 0.2) is 71.5 Å². The number of hydrogen-bond donors (Lipinski definition) is 1. The molecule has 0 atom stereocenters. The summed E-state index contributed by atoms with van der Waals surface area (Å²) < 4.78 is 28.5. The van der Waals surface area contributed by atoms with Crippen LogP contribution >= 0.6 is 0 Å². The average molecular weight is 391 g/mol. The zero-order chi connectivity index (χ0) is 20.5. The molecular weight excluding hydrogens is 376 g/mol. The smallest absolute Gasteiger partial charge is 0.265 e. The molecule has 0 aliphatic carbocycles. The van der Waals surface area contributed by atoms with Gasteiger partial charge in [0.25, 0.3) is 11.5 Å². The number of hydrogen-bond acceptors (Lipinski definition) is 3. The molecule has 4 aromatic rings. The highest BCUT2D eigenvalue weighted by Gasteiger charge is 2.14. The van der Waals surface area contributed by atoms with Crippen molar-refractivity contribution in [1.82, 2.24) is 9.55 Å². The van der Waals surface area contributed by atoms with E-state index in [2.05, 4.69) is 10.3 Å². The Morgan fingerprint density at radius 1 is 1.00 bits per heavy atom. The van der Waals surface area contributed by atoms with Gasteiger partial charge in [0.05, 0.1) is 22.2 Å². The van der Waals surface area contributed by atoms with E-state index in [1.807, 2.05) is 6.07 Å². The third kappa shape index (κ3) is 3.50. The molecule has 1 N–H and O–H groups in total. The van der Waals surface area contributed by atoms with Gasteiger partial charge in [-0.15, -0.1) is 0 Å². The maximum atomic E-state index is 13.8. The highest BCUT2D eigenvalue weighted by molar-refractivity contribution is 6.04. The van der Waals surface area contributed by atoms with E-state index in [1.54, 1.807) is 49.4 Å². The minimum Gasteiger partial charge on any atom is -0.322 e. The maximum absolute atomic E-state index is 13.8.